The van der Waals surface area contributed by atoms with E-state index < -0.39 is 5.97 Å². The molecular weight excluding hydrogens is 220 g/mol. The minimum Gasteiger partial charge on any atom is -0.458 e. The van der Waals surface area contributed by atoms with E-state index in [-0.39, 0.29) is 25.0 Å². The van der Waals surface area contributed by atoms with Gasteiger partial charge in [-0.1, -0.05) is 12.8 Å². The molecule has 0 radical (unpaired) electrons. The first-order valence-corrected chi connectivity index (χ1v) is 6.21. The summed E-state index contributed by atoms with van der Waals surface area (Å²) in [4.78, 5) is 21.8. The van der Waals surface area contributed by atoms with Crippen molar-refractivity contribution in [3.05, 3.63) is 0 Å². The van der Waals surface area contributed by atoms with Crippen LogP contribution in [0.3, 0.4) is 0 Å². The van der Waals surface area contributed by atoms with Crippen LogP contribution >= 0.6 is 0 Å². The average Bonchev–Trinajstić information content (AvgIpc) is 2.29. The molecule has 1 aliphatic carbocycles. The monoisotopic (exact) mass is 242 g/mol. The maximum Gasteiger partial charge on any atom is 0.303 e. The molecule has 2 atom stereocenters. The molecule has 0 bridgehead atoms. The Hall–Kier alpha value is -0.940. The van der Waals surface area contributed by atoms with Crippen LogP contribution in [0.25, 0.3) is 0 Å². The Kier molecular flexibility index (Phi) is 6.15. The van der Waals surface area contributed by atoms with E-state index in [1.54, 1.807) is 0 Å². The number of Topliss-reactive ketones (excluding diaryl/α,β-unsaturated/α-hetero) is 1. The molecule has 5 nitrogen and oxygen atoms in total. The van der Waals surface area contributed by atoms with E-state index in [9.17, 15) is 9.59 Å². The SMILES string of the molecule is CC(=O)OCC(=O)CNC[C@@H]1CCCC[C@@H]1N. The van der Waals surface area contributed by atoms with Crippen molar-refractivity contribution in [2.24, 2.45) is 11.7 Å². The zero-order valence-corrected chi connectivity index (χ0v) is 10.4. The van der Waals surface area contributed by atoms with Crippen LogP contribution in [0.4, 0.5) is 0 Å². The van der Waals surface area contributed by atoms with Gasteiger partial charge in [-0.05, 0) is 25.3 Å². The fourth-order valence-corrected chi connectivity index (χ4v) is 2.12. The molecule has 1 aliphatic rings. The molecule has 17 heavy (non-hydrogen) atoms. The van der Waals surface area contributed by atoms with Gasteiger partial charge in [-0.25, -0.2) is 0 Å². The van der Waals surface area contributed by atoms with Crippen molar-refractivity contribution in [1.29, 1.82) is 0 Å². The van der Waals surface area contributed by atoms with Gasteiger partial charge in [0.25, 0.3) is 0 Å². The quantitative estimate of drug-likeness (QED) is 0.651. The summed E-state index contributed by atoms with van der Waals surface area (Å²) in [5.74, 6) is -0.0671. The Balaban J connectivity index is 2.10. The summed E-state index contributed by atoms with van der Waals surface area (Å²) in [6, 6.07) is 0.250. The van der Waals surface area contributed by atoms with Gasteiger partial charge < -0.3 is 15.8 Å². The predicted molar refractivity (Wildman–Crippen MR) is 64.4 cm³/mol. The van der Waals surface area contributed by atoms with Crippen molar-refractivity contribution in [1.82, 2.24) is 5.32 Å². The van der Waals surface area contributed by atoms with Crippen molar-refractivity contribution < 1.29 is 14.3 Å². The van der Waals surface area contributed by atoms with Crippen LogP contribution in [0, 0.1) is 5.92 Å². The minimum atomic E-state index is -0.423. The Morgan fingerprint density at radius 2 is 2.06 bits per heavy atom. The van der Waals surface area contributed by atoms with Gasteiger partial charge in [0.15, 0.2) is 12.4 Å². The zero-order chi connectivity index (χ0) is 12.7. The van der Waals surface area contributed by atoms with Gasteiger partial charge in [0.05, 0.1) is 6.54 Å². The lowest BCUT2D eigenvalue weighted by Crippen LogP contribution is -2.41. The molecular formula is C12H22N2O3. The molecule has 5 heteroatoms. The van der Waals surface area contributed by atoms with Crippen LogP contribution in [-0.4, -0.2) is 37.5 Å². The lowest BCUT2D eigenvalue weighted by molar-refractivity contribution is -0.145. The first kappa shape index (κ1) is 14.1. The number of nitrogens with one attached hydrogen (secondary N) is 1. The van der Waals surface area contributed by atoms with Gasteiger partial charge in [-0.2, -0.15) is 0 Å². The molecule has 0 aromatic rings. The second kappa shape index (κ2) is 7.40. The topological polar surface area (TPSA) is 81.4 Å². The number of carbonyl (C=O) groups is 2. The summed E-state index contributed by atoms with van der Waals surface area (Å²) in [5.41, 5.74) is 6.00. The van der Waals surface area contributed by atoms with Crippen molar-refractivity contribution in [3.8, 4) is 0 Å². The number of esters is 1. The van der Waals surface area contributed by atoms with Gasteiger partial charge in [-0.3, -0.25) is 9.59 Å². The highest BCUT2D eigenvalue weighted by Gasteiger charge is 2.21. The van der Waals surface area contributed by atoms with Crippen LogP contribution in [0.5, 0.6) is 0 Å². The summed E-state index contributed by atoms with van der Waals surface area (Å²) in [5, 5.41) is 3.09. The second-order valence-electron chi connectivity index (χ2n) is 4.66. The summed E-state index contributed by atoms with van der Waals surface area (Å²) in [7, 11) is 0. The molecule has 1 saturated carbocycles. The fourth-order valence-electron chi connectivity index (χ4n) is 2.12. The van der Waals surface area contributed by atoms with Gasteiger partial charge in [-0.15, -0.1) is 0 Å². The van der Waals surface area contributed by atoms with Gasteiger partial charge in [0.2, 0.25) is 0 Å². The molecule has 0 unspecified atom stereocenters. The number of hydrogen-bond acceptors (Lipinski definition) is 5. The number of ether oxygens (including phenoxy) is 1. The Morgan fingerprint density at radius 1 is 1.35 bits per heavy atom. The van der Waals surface area contributed by atoms with Crippen molar-refractivity contribution >= 4 is 11.8 Å². The number of ketones is 1. The molecule has 3 N–H and O–H groups in total. The smallest absolute Gasteiger partial charge is 0.303 e. The van der Waals surface area contributed by atoms with E-state index in [2.05, 4.69) is 10.1 Å². The lowest BCUT2D eigenvalue weighted by Gasteiger charge is -2.28. The summed E-state index contributed by atoms with van der Waals surface area (Å²) in [6.45, 7) is 2.17. The Labute approximate surface area is 102 Å². The molecule has 1 fully saturated rings. The molecule has 0 aromatic carbocycles. The molecule has 0 spiro atoms. The molecule has 1 rings (SSSR count). The van der Waals surface area contributed by atoms with E-state index in [0.29, 0.717) is 5.92 Å². The fraction of sp³-hybridized carbons (Fsp3) is 0.833. The van der Waals surface area contributed by atoms with E-state index in [1.165, 1.54) is 19.8 Å². The third-order valence-electron chi connectivity index (χ3n) is 3.13. The number of hydrogen-bond donors (Lipinski definition) is 2. The van der Waals surface area contributed by atoms with Crippen molar-refractivity contribution in [2.75, 3.05) is 19.7 Å². The number of rotatable bonds is 6. The summed E-state index contributed by atoms with van der Waals surface area (Å²) in [6.07, 6.45) is 4.64. The highest BCUT2D eigenvalue weighted by molar-refractivity contribution is 5.83. The van der Waals surface area contributed by atoms with Gasteiger partial charge in [0, 0.05) is 13.0 Å². The summed E-state index contributed by atoms with van der Waals surface area (Å²) >= 11 is 0. The molecule has 0 amide bonds. The molecule has 0 aromatic heterocycles. The van der Waals surface area contributed by atoms with E-state index in [0.717, 1.165) is 19.4 Å². The molecule has 0 saturated heterocycles. The normalized spacial score (nSPS) is 24.4. The highest BCUT2D eigenvalue weighted by atomic mass is 16.5. The lowest BCUT2D eigenvalue weighted by atomic mass is 9.85. The first-order valence-electron chi connectivity index (χ1n) is 6.21. The van der Waals surface area contributed by atoms with E-state index in [4.69, 9.17) is 5.73 Å². The standard InChI is InChI=1S/C12H22N2O3/c1-9(15)17-8-11(16)7-14-6-10-4-2-3-5-12(10)13/h10,12,14H,2-8,13H2,1H3/t10-,12-/m0/s1. The predicted octanol–water partition coefficient (Wildman–Crippen LogP) is 0.226. The van der Waals surface area contributed by atoms with Gasteiger partial charge in [0.1, 0.15) is 0 Å². The van der Waals surface area contributed by atoms with Crippen LogP contribution in [0.1, 0.15) is 32.6 Å². The molecule has 0 heterocycles. The Morgan fingerprint density at radius 3 is 2.71 bits per heavy atom. The van der Waals surface area contributed by atoms with Gasteiger partial charge >= 0.3 is 5.97 Å². The average molecular weight is 242 g/mol. The maximum absolute atomic E-state index is 11.3. The maximum atomic E-state index is 11.3. The highest BCUT2D eigenvalue weighted by Crippen LogP contribution is 2.21. The van der Waals surface area contributed by atoms with E-state index in [1.807, 2.05) is 0 Å². The van der Waals surface area contributed by atoms with Crippen LogP contribution in [-0.2, 0) is 14.3 Å². The van der Waals surface area contributed by atoms with Crippen molar-refractivity contribution in [3.63, 3.8) is 0 Å². The van der Waals surface area contributed by atoms with Crippen LogP contribution in [0.2, 0.25) is 0 Å². The Bertz CT molecular complexity index is 268. The third-order valence-corrected chi connectivity index (χ3v) is 3.13. The minimum absolute atomic E-state index is 0.107. The van der Waals surface area contributed by atoms with Crippen molar-refractivity contribution in [2.45, 2.75) is 38.6 Å². The number of nitrogens with two attached hydrogens (primary N) is 1. The number of carbonyl (C=O) groups excluding carboxylic acids is 2. The first-order chi connectivity index (χ1) is 8.09. The summed E-state index contributed by atoms with van der Waals surface area (Å²) < 4.78 is 4.61. The third kappa shape index (κ3) is 5.79. The zero-order valence-electron chi connectivity index (χ0n) is 10.4. The largest absolute Gasteiger partial charge is 0.458 e. The van der Waals surface area contributed by atoms with Crippen LogP contribution in [0.15, 0.2) is 0 Å². The second-order valence-corrected chi connectivity index (χ2v) is 4.66. The van der Waals surface area contributed by atoms with Crippen LogP contribution < -0.4 is 11.1 Å². The molecule has 0 aliphatic heterocycles. The molecule has 98 valence electrons. The van der Waals surface area contributed by atoms with E-state index >= 15 is 0 Å².